The van der Waals surface area contributed by atoms with Crippen LogP contribution in [0.4, 0.5) is 13.6 Å². The number of alkyl carbamates (subject to hydrolysis) is 1. The fraction of sp³-hybridized carbons (Fsp3) is 0.588. The van der Waals surface area contributed by atoms with E-state index in [4.69, 9.17) is 14.2 Å². The van der Waals surface area contributed by atoms with Crippen molar-refractivity contribution in [3.63, 3.8) is 0 Å². The molecule has 0 saturated carbocycles. The summed E-state index contributed by atoms with van der Waals surface area (Å²) in [5, 5.41) is 12.7. The molecule has 0 aliphatic rings. The molecule has 1 rings (SSSR count). The molecule has 2 N–H and O–H groups in total. The van der Waals surface area contributed by atoms with E-state index in [9.17, 15) is 18.7 Å². The van der Waals surface area contributed by atoms with Crippen LogP contribution in [0.2, 0.25) is 0 Å². The zero-order chi connectivity index (χ0) is 19.0. The lowest BCUT2D eigenvalue weighted by molar-refractivity contribution is 0.0301. The van der Waals surface area contributed by atoms with Crippen molar-refractivity contribution in [3.8, 4) is 5.75 Å². The van der Waals surface area contributed by atoms with Crippen LogP contribution in [0.5, 0.6) is 5.75 Å². The lowest BCUT2D eigenvalue weighted by Crippen LogP contribution is -2.49. The average Bonchev–Trinajstić information content (AvgIpc) is 2.46. The number of benzene rings is 1. The average molecular weight is 361 g/mol. The molecule has 0 spiro atoms. The van der Waals surface area contributed by atoms with Crippen molar-refractivity contribution in [2.45, 2.75) is 44.9 Å². The van der Waals surface area contributed by atoms with Gasteiger partial charge in [-0.2, -0.15) is 0 Å². The minimum Gasteiger partial charge on any atom is -0.491 e. The summed E-state index contributed by atoms with van der Waals surface area (Å²) in [6.07, 6.45) is -1.49. The first-order valence-electron chi connectivity index (χ1n) is 7.86. The topological polar surface area (TPSA) is 77.0 Å². The van der Waals surface area contributed by atoms with E-state index in [-0.39, 0.29) is 25.4 Å². The predicted octanol–water partition coefficient (Wildman–Crippen LogP) is 2.63. The van der Waals surface area contributed by atoms with Crippen molar-refractivity contribution < 1.29 is 32.9 Å². The van der Waals surface area contributed by atoms with Gasteiger partial charge in [0.05, 0.1) is 12.1 Å². The second-order valence-electron chi connectivity index (χ2n) is 6.52. The molecule has 142 valence electrons. The van der Waals surface area contributed by atoms with Gasteiger partial charge >= 0.3 is 6.09 Å². The first-order valence-corrected chi connectivity index (χ1v) is 7.86. The quantitative estimate of drug-likeness (QED) is 0.744. The standard InChI is InChI=1S/C17H25F2NO5/c1-17(2,3)25-16(22)20-14(15(21)5-6-23-4)10-24-13-8-11(18)7-12(19)9-13/h7-9,14-15,21H,5-6,10H2,1-4H3,(H,20,22). The number of aliphatic hydroxyl groups is 1. The first kappa shape index (κ1) is 21.1. The van der Waals surface area contributed by atoms with Gasteiger partial charge in [0, 0.05) is 31.9 Å². The fourth-order valence-corrected chi connectivity index (χ4v) is 1.95. The molecule has 8 heteroatoms. The van der Waals surface area contributed by atoms with E-state index < -0.39 is 35.5 Å². The summed E-state index contributed by atoms with van der Waals surface area (Å²) in [6, 6.07) is 1.89. The van der Waals surface area contributed by atoms with Gasteiger partial charge in [0.25, 0.3) is 0 Å². The van der Waals surface area contributed by atoms with Crippen LogP contribution in [0.25, 0.3) is 0 Å². The van der Waals surface area contributed by atoms with Gasteiger partial charge in [-0.3, -0.25) is 0 Å². The van der Waals surface area contributed by atoms with Crippen molar-refractivity contribution in [1.29, 1.82) is 0 Å². The van der Waals surface area contributed by atoms with Crippen LogP contribution in [0, 0.1) is 11.6 Å². The van der Waals surface area contributed by atoms with Crippen LogP contribution >= 0.6 is 0 Å². The van der Waals surface area contributed by atoms with Crippen molar-refractivity contribution in [3.05, 3.63) is 29.8 Å². The fourth-order valence-electron chi connectivity index (χ4n) is 1.95. The highest BCUT2D eigenvalue weighted by atomic mass is 19.1. The van der Waals surface area contributed by atoms with Crippen LogP contribution < -0.4 is 10.1 Å². The Morgan fingerprint density at radius 2 is 1.84 bits per heavy atom. The third-order valence-electron chi connectivity index (χ3n) is 3.05. The van der Waals surface area contributed by atoms with E-state index in [0.717, 1.165) is 18.2 Å². The highest BCUT2D eigenvalue weighted by Crippen LogP contribution is 2.16. The normalized spacial score (nSPS) is 13.9. The lowest BCUT2D eigenvalue weighted by atomic mass is 10.1. The molecule has 1 amide bonds. The Kier molecular flexibility index (Phi) is 8.05. The van der Waals surface area contributed by atoms with Gasteiger partial charge < -0.3 is 24.6 Å². The largest absolute Gasteiger partial charge is 0.491 e. The number of ether oxygens (including phenoxy) is 3. The molecule has 6 nitrogen and oxygen atoms in total. The third-order valence-corrected chi connectivity index (χ3v) is 3.05. The molecule has 0 aliphatic heterocycles. The minimum absolute atomic E-state index is 0.0487. The lowest BCUT2D eigenvalue weighted by Gasteiger charge is -2.26. The number of amides is 1. The van der Waals surface area contributed by atoms with Crippen LogP contribution in [0.3, 0.4) is 0 Å². The Balaban J connectivity index is 2.74. The molecule has 0 aliphatic carbocycles. The zero-order valence-electron chi connectivity index (χ0n) is 14.8. The summed E-state index contributed by atoms with van der Waals surface area (Å²) in [4.78, 5) is 11.9. The molecule has 2 atom stereocenters. The maximum Gasteiger partial charge on any atom is 0.408 e. The highest BCUT2D eigenvalue weighted by Gasteiger charge is 2.25. The van der Waals surface area contributed by atoms with Gasteiger partial charge in [-0.1, -0.05) is 0 Å². The zero-order valence-corrected chi connectivity index (χ0v) is 14.8. The predicted molar refractivity (Wildman–Crippen MR) is 87.5 cm³/mol. The van der Waals surface area contributed by atoms with Gasteiger partial charge in [-0.15, -0.1) is 0 Å². The molecule has 25 heavy (non-hydrogen) atoms. The van der Waals surface area contributed by atoms with Crippen molar-refractivity contribution in [2.75, 3.05) is 20.3 Å². The van der Waals surface area contributed by atoms with E-state index in [1.807, 2.05) is 0 Å². The van der Waals surface area contributed by atoms with Crippen molar-refractivity contribution in [1.82, 2.24) is 5.32 Å². The summed E-state index contributed by atoms with van der Waals surface area (Å²) in [5.74, 6) is -1.62. The summed E-state index contributed by atoms with van der Waals surface area (Å²) < 4.78 is 41.8. The Hall–Kier alpha value is -1.93. The van der Waals surface area contributed by atoms with Gasteiger partial charge in [0.1, 0.15) is 29.6 Å². The summed E-state index contributed by atoms with van der Waals surface area (Å²) >= 11 is 0. The second kappa shape index (κ2) is 9.53. The van der Waals surface area contributed by atoms with E-state index >= 15 is 0 Å². The maximum atomic E-state index is 13.2. The molecule has 2 unspecified atom stereocenters. The molecule has 0 fully saturated rings. The number of methoxy groups -OCH3 is 1. The summed E-state index contributed by atoms with van der Waals surface area (Å²) in [5.41, 5.74) is -0.710. The van der Waals surface area contributed by atoms with E-state index in [1.54, 1.807) is 20.8 Å². The Morgan fingerprint density at radius 3 is 2.36 bits per heavy atom. The van der Waals surface area contributed by atoms with Crippen LogP contribution in [0.1, 0.15) is 27.2 Å². The molecule has 0 bridgehead atoms. The molecule has 1 aromatic rings. The van der Waals surface area contributed by atoms with Crippen molar-refractivity contribution in [2.24, 2.45) is 0 Å². The molecule has 0 aromatic heterocycles. The van der Waals surface area contributed by atoms with E-state index in [0.29, 0.717) is 0 Å². The van der Waals surface area contributed by atoms with Gasteiger partial charge in [-0.25, -0.2) is 13.6 Å². The highest BCUT2D eigenvalue weighted by molar-refractivity contribution is 5.68. The number of rotatable bonds is 8. The van der Waals surface area contributed by atoms with Gasteiger partial charge in [0.15, 0.2) is 0 Å². The smallest absolute Gasteiger partial charge is 0.408 e. The van der Waals surface area contributed by atoms with Gasteiger partial charge in [0.2, 0.25) is 0 Å². The van der Waals surface area contributed by atoms with E-state index in [2.05, 4.69) is 5.32 Å². The molecule has 0 saturated heterocycles. The summed E-state index contributed by atoms with van der Waals surface area (Å²) in [6.45, 7) is 5.17. The van der Waals surface area contributed by atoms with Crippen LogP contribution in [0.15, 0.2) is 18.2 Å². The Labute approximate surface area is 146 Å². The first-order chi connectivity index (χ1) is 11.6. The number of carbonyl (C=O) groups excluding carboxylic acids is 1. The number of halogens is 2. The van der Waals surface area contributed by atoms with Crippen molar-refractivity contribution >= 4 is 6.09 Å². The number of hydrogen-bond donors (Lipinski definition) is 2. The molecular formula is C17H25F2NO5. The SMILES string of the molecule is COCCC(O)C(COc1cc(F)cc(F)c1)NC(=O)OC(C)(C)C. The second-order valence-corrected chi connectivity index (χ2v) is 6.52. The number of carbonyl (C=O) groups is 1. The van der Waals surface area contributed by atoms with E-state index in [1.165, 1.54) is 7.11 Å². The number of aliphatic hydroxyl groups excluding tert-OH is 1. The summed E-state index contributed by atoms with van der Waals surface area (Å²) in [7, 11) is 1.48. The maximum absolute atomic E-state index is 13.2. The number of nitrogens with one attached hydrogen (secondary N) is 1. The molecule has 0 radical (unpaired) electrons. The molecule has 0 heterocycles. The van der Waals surface area contributed by atoms with Crippen LogP contribution in [-0.2, 0) is 9.47 Å². The molecular weight excluding hydrogens is 336 g/mol. The minimum atomic E-state index is -0.995. The Bertz CT molecular complexity index is 542. The third kappa shape index (κ3) is 8.64. The van der Waals surface area contributed by atoms with Crippen LogP contribution in [-0.4, -0.2) is 49.3 Å². The molecule has 1 aromatic carbocycles. The monoisotopic (exact) mass is 361 g/mol. The number of hydrogen-bond acceptors (Lipinski definition) is 5. The van der Waals surface area contributed by atoms with Gasteiger partial charge in [-0.05, 0) is 27.2 Å². The Morgan fingerprint density at radius 1 is 1.24 bits per heavy atom.